The van der Waals surface area contributed by atoms with Gasteiger partial charge in [0.1, 0.15) is 11.6 Å². The third-order valence-electron chi connectivity index (χ3n) is 4.93. The van der Waals surface area contributed by atoms with Crippen molar-refractivity contribution < 1.29 is 18.8 Å². The number of aromatic nitrogens is 2. The zero-order chi connectivity index (χ0) is 22.8. The lowest BCUT2D eigenvalue weighted by Gasteiger charge is -2.23. The van der Waals surface area contributed by atoms with Crippen molar-refractivity contribution in [2.75, 3.05) is 16.0 Å². The van der Waals surface area contributed by atoms with Crippen molar-refractivity contribution in [3.63, 3.8) is 0 Å². The van der Waals surface area contributed by atoms with Crippen LogP contribution >= 0.6 is 0 Å². The second-order valence-electron chi connectivity index (χ2n) is 7.24. The van der Waals surface area contributed by atoms with Crippen LogP contribution in [0.15, 0.2) is 53.3 Å². The molecule has 4 N–H and O–H groups in total. The van der Waals surface area contributed by atoms with Gasteiger partial charge < -0.3 is 16.0 Å². The Kier molecular flexibility index (Phi) is 5.50. The lowest BCUT2D eigenvalue weighted by atomic mass is 9.92. The van der Waals surface area contributed by atoms with Crippen LogP contribution < -0.4 is 21.5 Å². The molecule has 0 radical (unpaired) electrons. The Labute approximate surface area is 181 Å². The summed E-state index contributed by atoms with van der Waals surface area (Å²) in [6.07, 6.45) is -0.222. The van der Waals surface area contributed by atoms with E-state index in [-0.39, 0.29) is 29.5 Å². The Morgan fingerprint density at radius 2 is 1.69 bits per heavy atom. The topological polar surface area (TPSA) is 133 Å². The van der Waals surface area contributed by atoms with Crippen molar-refractivity contribution in [1.82, 2.24) is 9.97 Å². The molecule has 2 aromatic carbocycles. The fourth-order valence-electron chi connectivity index (χ4n) is 3.34. The van der Waals surface area contributed by atoms with E-state index >= 15 is 0 Å². The summed E-state index contributed by atoms with van der Waals surface area (Å²) >= 11 is 0. The lowest BCUT2D eigenvalue weighted by molar-refractivity contribution is -0.123. The van der Waals surface area contributed by atoms with Crippen LogP contribution in [-0.4, -0.2) is 27.6 Å². The summed E-state index contributed by atoms with van der Waals surface area (Å²) in [6, 6.07) is 11.7. The second kappa shape index (κ2) is 8.42. The van der Waals surface area contributed by atoms with Crippen molar-refractivity contribution in [3.8, 4) is 0 Å². The van der Waals surface area contributed by atoms with Gasteiger partial charge in [0.05, 0.1) is 11.5 Å². The first-order chi connectivity index (χ1) is 15.3. The highest BCUT2D eigenvalue weighted by Gasteiger charge is 2.34. The predicted molar refractivity (Wildman–Crippen MR) is 116 cm³/mol. The van der Waals surface area contributed by atoms with Crippen molar-refractivity contribution in [1.29, 1.82) is 0 Å². The normalized spacial score (nSPS) is 14.8. The number of amides is 2. The van der Waals surface area contributed by atoms with Crippen LogP contribution in [0.25, 0.3) is 0 Å². The second-order valence-corrected chi connectivity index (χ2v) is 7.24. The van der Waals surface area contributed by atoms with Crippen LogP contribution in [-0.2, 0) is 9.59 Å². The number of nitrogens with one attached hydrogen (secondary N) is 4. The van der Waals surface area contributed by atoms with Gasteiger partial charge in [0.25, 0.3) is 5.56 Å². The number of H-pyrrole nitrogens is 1. The van der Waals surface area contributed by atoms with Gasteiger partial charge in [-0.15, -0.1) is 0 Å². The molecule has 1 atom stereocenters. The first kappa shape index (κ1) is 20.9. The molecule has 0 bridgehead atoms. The SMILES string of the molecule is CC(=O)c1ccc(NC(=O)[C@@H]2CC(=O)Nc3nc(Nc4ccc(F)cc4)[nH]c(=O)c32)cc1. The highest BCUT2D eigenvalue weighted by atomic mass is 19.1. The van der Waals surface area contributed by atoms with E-state index in [9.17, 15) is 23.6 Å². The number of aromatic amines is 1. The van der Waals surface area contributed by atoms with Crippen molar-refractivity contribution in [2.24, 2.45) is 0 Å². The molecule has 4 rings (SSSR count). The van der Waals surface area contributed by atoms with Gasteiger partial charge in [-0.25, -0.2) is 4.39 Å². The van der Waals surface area contributed by atoms with Gasteiger partial charge in [0, 0.05) is 23.4 Å². The van der Waals surface area contributed by atoms with Crippen LogP contribution in [0.5, 0.6) is 0 Å². The Bertz CT molecular complexity index is 1270. The average molecular weight is 435 g/mol. The number of hydrogen-bond acceptors (Lipinski definition) is 6. The highest BCUT2D eigenvalue weighted by molar-refractivity contribution is 6.04. The van der Waals surface area contributed by atoms with E-state index in [1.807, 2.05) is 0 Å². The van der Waals surface area contributed by atoms with Crippen LogP contribution in [0.1, 0.15) is 35.2 Å². The predicted octanol–water partition coefficient (Wildman–Crippen LogP) is 2.92. The molecule has 162 valence electrons. The molecule has 9 nitrogen and oxygen atoms in total. The minimum atomic E-state index is -1.05. The molecule has 1 aliphatic heterocycles. The van der Waals surface area contributed by atoms with E-state index in [4.69, 9.17) is 0 Å². The molecule has 2 heterocycles. The van der Waals surface area contributed by atoms with Crippen molar-refractivity contribution in [3.05, 3.63) is 75.8 Å². The third kappa shape index (κ3) is 4.38. The van der Waals surface area contributed by atoms with Gasteiger partial charge in [-0.05, 0) is 55.5 Å². The number of hydrogen-bond donors (Lipinski definition) is 4. The summed E-state index contributed by atoms with van der Waals surface area (Å²) in [5, 5.41) is 8.00. The molecule has 1 aromatic heterocycles. The number of carbonyl (C=O) groups is 3. The van der Waals surface area contributed by atoms with Gasteiger partial charge in [-0.1, -0.05) is 0 Å². The standard InChI is InChI=1S/C22H18FN5O4/c1-11(29)12-2-6-14(7-3-12)24-20(31)16-10-17(30)26-19-18(16)21(32)28-22(27-19)25-15-8-4-13(23)5-9-15/h2-9,16H,10H2,1H3,(H,24,31)(H3,25,26,27,28,30,32)/t16-/m1/s1. The van der Waals surface area contributed by atoms with Gasteiger partial charge in [0.2, 0.25) is 17.8 Å². The molecule has 1 aliphatic rings. The van der Waals surface area contributed by atoms with Crippen molar-refractivity contribution in [2.45, 2.75) is 19.3 Å². The fourth-order valence-corrected chi connectivity index (χ4v) is 3.34. The number of rotatable bonds is 5. The zero-order valence-electron chi connectivity index (χ0n) is 16.9. The van der Waals surface area contributed by atoms with Crippen LogP contribution in [0.2, 0.25) is 0 Å². The average Bonchev–Trinajstić information content (AvgIpc) is 2.75. The number of ketones is 1. The van der Waals surface area contributed by atoms with Crippen LogP contribution in [0, 0.1) is 5.82 Å². The molecule has 0 spiro atoms. The molecule has 32 heavy (non-hydrogen) atoms. The van der Waals surface area contributed by atoms with Crippen LogP contribution in [0.3, 0.4) is 0 Å². The number of nitrogens with zero attached hydrogens (tertiary/aromatic N) is 1. The Morgan fingerprint density at radius 3 is 2.34 bits per heavy atom. The number of halogens is 1. The van der Waals surface area contributed by atoms with Gasteiger partial charge in [0.15, 0.2) is 5.78 Å². The van der Waals surface area contributed by atoms with E-state index in [2.05, 4.69) is 25.9 Å². The first-order valence-electron chi connectivity index (χ1n) is 9.68. The highest BCUT2D eigenvalue weighted by Crippen LogP contribution is 2.30. The maximum absolute atomic E-state index is 13.1. The molecule has 0 aliphatic carbocycles. The fraction of sp³-hybridized carbons (Fsp3) is 0.136. The largest absolute Gasteiger partial charge is 0.326 e. The van der Waals surface area contributed by atoms with Gasteiger partial charge in [-0.3, -0.25) is 24.2 Å². The third-order valence-corrected chi connectivity index (χ3v) is 4.93. The molecule has 2 amide bonds. The van der Waals surface area contributed by atoms with Crippen molar-refractivity contribution >= 4 is 40.7 Å². The van der Waals surface area contributed by atoms with Gasteiger partial charge >= 0.3 is 0 Å². The smallest absolute Gasteiger partial charge is 0.258 e. The minimum absolute atomic E-state index is 0.0262. The molecular weight excluding hydrogens is 417 g/mol. The Morgan fingerprint density at radius 1 is 1.03 bits per heavy atom. The van der Waals surface area contributed by atoms with Gasteiger partial charge in [-0.2, -0.15) is 4.98 Å². The molecule has 10 heteroatoms. The summed E-state index contributed by atoms with van der Waals surface area (Å²) < 4.78 is 13.1. The van der Waals surface area contributed by atoms with E-state index in [0.29, 0.717) is 16.9 Å². The van der Waals surface area contributed by atoms with E-state index in [1.165, 1.54) is 31.2 Å². The summed E-state index contributed by atoms with van der Waals surface area (Å²) in [4.78, 5) is 56.0. The zero-order valence-corrected chi connectivity index (χ0v) is 16.9. The summed E-state index contributed by atoms with van der Waals surface area (Å²) in [5.41, 5.74) is 0.831. The summed E-state index contributed by atoms with van der Waals surface area (Å²) in [6.45, 7) is 1.43. The summed E-state index contributed by atoms with van der Waals surface area (Å²) in [7, 11) is 0. The monoisotopic (exact) mass is 435 g/mol. The van der Waals surface area contributed by atoms with E-state index in [0.717, 1.165) is 0 Å². The first-order valence-corrected chi connectivity index (χ1v) is 9.68. The summed E-state index contributed by atoms with van der Waals surface area (Å²) in [5.74, 6) is -2.59. The molecular formula is C22H18FN5O4. The molecule has 3 aromatic rings. The molecule has 0 unspecified atom stereocenters. The quantitative estimate of drug-likeness (QED) is 0.456. The molecule has 0 saturated heterocycles. The number of Topliss-reactive ketones (excluding diaryl/α,β-unsaturated/α-hetero) is 1. The number of benzene rings is 2. The molecule has 0 fully saturated rings. The maximum atomic E-state index is 13.1. The Hall–Kier alpha value is -4.34. The maximum Gasteiger partial charge on any atom is 0.258 e. The number of anilines is 4. The van der Waals surface area contributed by atoms with E-state index < -0.39 is 29.1 Å². The number of fused-ring (bicyclic) bond motifs is 1. The molecule has 0 saturated carbocycles. The lowest BCUT2D eigenvalue weighted by Crippen LogP contribution is -2.36. The number of carbonyl (C=O) groups excluding carboxylic acids is 3. The minimum Gasteiger partial charge on any atom is -0.326 e. The Balaban J connectivity index is 1.59. The van der Waals surface area contributed by atoms with Crippen LogP contribution in [0.4, 0.5) is 27.5 Å². The van der Waals surface area contributed by atoms with E-state index in [1.54, 1.807) is 24.3 Å².